The van der Waals surface area contributed by atoms with Crippen molar-refractivity contribution in [2.45, 2.75) is 32.0 Å². The van der Waals surface area contributed by atoms with Gasteiger partial charge in [-0.05, 0) is 18.1 Å². The van der Waals surface area contributed by atoms with Crippen LogP contribution in [-0.4, -0.2) is 39.1 Å². The van der Waals surface area contributed by atoms with Crippen molar-refractivity contribution >= 4 is 15.9 Å². The van der Waals surface area contributed by atoms with E-state index in [1.54, 1.807) is 18.0 Å². The summed E-state index contributed by atoms with van der Waals surface area (Å²) >= 11 is 0. The van der Waals surface area contributed by atoms with Gasteiger partial charge in [0.15, 0.2) is 5.84 Å². The van der Waals surface area contributed by atoms with Gasteiger partial charge in [0.1, 0.15) is 10.6 Å². The van der Waals surface area contributed by atoms with Crippen LogP contribution in [0.3, 0.4) is 0 Å². The summed E-state index contributed by atoms with van der Waals surface area (Å²) in [5.41, 5.74) is 0.338. The van der Waals surface area contributed by atoms with Crippen molar-refractivity contribution in [3.63, 3.8) is 0 Å². The van der Waals surface area contributed by atoms with E-state index < -0.39 is 16.4 Å². The highest BCUT2D eigenvalue weighted by Crippen LogP contribution is 2.35. The van der Waals surface area contributed by atoms with Crippen LogP contribution in [0.15, 0.2) is 27.5 Å². The average Bonchev–Trinajstić information content (AvgIpc) is 2.61. The zero-order valence-corrected chi connectivity index (χ0v) is 13.3. The molecule has 0 bridgehead atoms. The molecule has 0 fully saturated rings. The van der Waals surface area contributed by atoms with Crippen LogP contribution in [0, 0.1) is 5.92 Å². The Balaban J connectivity index is 2.53. The fourth-order valence-electron chi connectivity index (χ4n) is 2.32. The average molecular weight is 314 g/mol. The molecule has 0 spiro atoms. The molecule has 0 saturated heterocycles. The zero-order chi connectivity index (χ0) is 15.8. The van der Waals surface area contributed by atoms with Crippen LogP contribution in [0.25, 0.3) is 0 Å². The van der Waals surface area contributed by atoms with Gasteiger partial charge in [0.25, 0.3) is 10.0 Å². The Labute approximate surface area is 124 Å². The quantitative estimate of drug-likeness (QED) is 0.856. The Hall–Kier alpha value is -1.63. The summed E-state index contributed by atoms with van der Waals surface area (Å²) in [5.74, 6) is 0.825. The molecule has 0 N–H and O–H groups in total. The van der Waals surface area contributed by atoms with Crippen LogP contribution >= 0.6 is 0 Å². The van der Waals surface area contributed by atoms with Crippen LogP contribution in [0.1, 0.15) is 26.3 Å². The number of nitrogens with zero attached hydrogens (tertiary/aromatic N) is 2. The molecule has 1 unspecified atom stereocenters. The summed E-state index contributed by atoms with van der Waals surface area (Å²) in [4.78, 5) is 1.82. The topological polar surface area (TPSA) is 59.0 Å². The Morgan fingerprint density at radius 3 is 2.57 bits per heavy atom. The van der Waals surface area contributed by atoms with Crippen molar-refractivity contribution < 1.29 is 17.5 Å². The van der Waals surface area contributed by atoms with Gasteiger partial charge < -0.3 is 9.64 Å². The minimum absolute atomic E-state index is 0.0613. The van der Waals surface area contributed by atoms with Crippen molar-refractivity contribution in [3.05, 3.63) is 23.8 Å². The summed E-state index contributed by atoms with van der Waals surface area (Å²) < 4.78 is 46.3. The second-order valence-electron chi connectivity index (χ2n) is 5.45. The molecule has 2 rings (SSSR count). The molecule has 0 aliphatic carbocycles. The van der Waals surface area contributed by atoms with E-state index in [1.165, 1.54) is 19.1 Å². The lowest BCUT2D eigenvalue weighted by molar-refractivity contribution is 0.0854. The van der Waals surface area contributed by atoms with Crippen LogP contribution in [-0.2, 0) is 10.0 Å². The first-order valence-corrected chi connectivity index (χ1v) is 8.16. The fraction of sp³-hybridized carbons (Fsp3) is 0.500. The zero-order valence-electron chi connectivity index (χ0n) is 12.5. The number of sulfonamides is 1. The lowest BCUT2D eigenvalue weighted by Gasteiger charge is -2.22. The Morgan fingerprint density at radius 1 is 1.33 bits per heavy atom. The summed E-state index contributed by atoms with van der Waals surface area (Å²) in [5, 5.41) is 0. The highest BCUT2D eigenvalue weighted by Gasteiger charge is 2.34. The number of hydrogen-bond acceptors (Lipinski definition) is 4. The second-order valence-corrected chi connectivity index (χ2v) is 7.03. The number of hydrogen-bond donors (Lipinski definition) is 0. The summed E-state index contributed by atoms with van der Waals surface area (Å²) in [6, 6.07) is 4.53. The molecule has 0 amide bonds. The molecule has 5 nitrogen and oxygen atoms in total. The number of fused-ring (bicyclic) bond motifs is 1. The molecule has 0 radical (unpaired) electrons. The molecule has 7 heteroatoms. The van der Waals surface area contributed by atoms with Crippen molar-refractivity contribution in [2.24, 2.45) is 10.3 Å². The van der Waals surface area contributed by atoms with Gasteiger partial charge in [-0.2, -0.15) is 8.42 Å². The molecule has 1 aliphatic rings. The summed E-state index contributed by atoms with van der Waals surface area (Å²) in [6.45, 7) is 5.92. The lowest BCUT2D eigenvalue weighted by Crippen LogP contribution is -2.30. The Kier molecular flexibility index (Phi) is 4.22. The molecule has 116 valence electrons. The first kappa shape index (κ1) is 15.8. The van der Waals surface area contributed by atoms with E-state index in [9.17, 15) is 12.8 Å². The number of halogens is 1. The first-order chi connectivity index (χ1) is 9.72. The van der Waals surface area contributed by atoms with E-state index in [2.05, 4.69) is 4.40 Å². The third-order valence-electron chi connectivity index (χ3n) is 2.99. The van der Waals surface area contributed by atoms with Crippen LogP contribution in [0.4, 0.5) is 4.39 Å². The van der Waals surface area contributed by atoms with E-state index in [4.69, 9.17) is 4.74 Å². The normalized spacial score (nSPS) is 17.3. The molecule has 0 aromatic heterocycles. The Morgan fingerprint density at radius 2 is 2.00 bits per heavy atom. The molecule has 1 heterocycles. The van der Waals surface area contributed by atoms with E-state index in [0.29, 0.717) is 23.9 Å². The highest BCUT2D eigenvalue weighted by atomic mass is 32.2. The standard InChI is InChI=1S/C14H19FN2O3S/c1-9(2)8-17(4)14-13-11(20-10(3)15)6-5-7-12(13)21(18,19)16-14/h5-7,9-10H,8H2,1-4H3. The molecule has 1 aliphatic heterocycles. The van der Waals surface area contributed by atoms with Crippen LogP contribution < -0.4 is 4.74 Å². The number of alkyl halides is 1. The van der Waals surface area contributed by atoms with Gasteiger partial charge in [-0.3, -0.25) is 0 Å². The van der Waals surface area contributed by atoms with Gasteiger partial charge in [-0.1, -0.05) is 19.9 Å². The van der Waals surface area contributed by atoms with E-state index in [1.807, 2.05) is 13.8 Å². The minimum Gasteiger partial charge on any atom is -0.460 e. The lowest BCUT2D eigenvalue weighted by atomic mass is 10.1. The van der Waals surface area contributed by atoms with Crippen molar-refractivity contribution in [1.82, 2.24) is 4.90 Å². The summed E-state index contributed by atoms with van der Waals surface area (Å²) in [7, 11) is -1.99. The molecular formula is C14H19FN2O3S. The van der Waals surface area contributed by atoms with Gasteiger partial charge in [-0.15, -0.1) is 4.40 Å². The maximum Gasteiger partial charge on any atom is 0.285 e. The Bertz CT molecular complexity index is 669. The highest BCUT2D eigenvalue weighted by molar-refractivity contribution is 7.90. The number of ether oxygens (including phenoxy) is 1. The van der Waals surface area contributed by atoms with Crippen LogP contribution in [0.5, 0.6) is 5.75 Å². The molecule has 1 aromatic rings. The van der Waals surface area contributed by atoms with Gasteiger partial charge in [-0.25, -0.2) is 4.39 Å². The second kappa shape index (κ2) is 5.63. The predicted octanol–water partition coefficient (Wildman–Crippen LogP) is 2.42. The number of benzene rings is 1. The molecular weight excluding hydrogens is 295 g/mol. The van der Waals surface area contributed by atoms with Gasteiger partial charge in [0.2, 0.25) is 6.36 Å². The fourth-order valence-corrected chi connectivity index (χ4v) is 3.58. The monoisotopic (exact) mass is 314 g/mol. The van der Waals surface area contributed by atoms with Gasteiger partial charge in [0, 0.05) is 20.5 Å². The largest absolute Gasteiger partial charge is 0.460 e. The smallest absolute Gasteiger partial charge is 0.285 e. The van der Waals surface area contributed by atoms with Crippen molar-refractivity contribution in [1.29, 1.82) is 0 Å². The molecule has 1 atom stereocenters. The van der Waals surface area contributed by atoms with E-state index >= 15 is 0 Å². The number of rotatable bonds is 4. The van der Waals surface area contributed by atoms with Crippen molar-refractivity contribution in [3.8, 4) is 5.75 Å². The molecule has 21 heavy (non-hydrogen) atoms. The van der Waals surface area contributed by atoms with Gasteiger partial charge >= 0.3 is 0 Å². The molecule has 0 saturated carbocycles. The van der Waals surface area contributed by atoms with E-state index in [-0.39, 0.29) is 10.6 Å². The van der Waals surface area contributed by atoms with E-state index in [0.717, 1.165) is 0 Å². The summed E-state index contributed by atoms with van der Waals surface area (Å²) in [6.07, 6.45) is -1.53. The minimum atomic E-state index is -3.75. The maximum atomic E-state index is 13.2. The number of amidine groups is 1. The van der Waals surface area contributed by atoms with Gasteiger partial charge in [0.05, 0.1) is 5.56 Å². The maximum absolute atomic E-state index is 13.2. The predicted molar refractivity (Wildman–Crippen MR) is 78.8 cm³/mol. The third-order valence-corrected chi connectivity index (χ3v) is 4.30. The molecule has 1 aromatic carbocycles. The third kappa shape index (κ3) is 3.18. The first-order valence-electron chi connectivity index (χ1n) is 6.72. The van der Waals surface area contributed by atoms with Crippen LogP contribution in [0.2, 0.25) is 0 Å². The van der Waals surface area contributed by atoms with Crippen molar-refractivity contribution in [2.75, 3.05) is 13.6 Å². The SMILES string of the molecule is CC(C)CN(C)C1=NS(=O)(=O)c2cccc(OC(C)F)c21.